The Hall–Kier alpha value is -2.04. The van der Waals surface area contributed by atoms with Crippen molar-refractivity contribution in [2.45, 2.75) is 45.0 Å². The number of aliphatic hydroxyl groups is 1. The minimum atomic E-state index is -0.641. The molecular formula is C24H36ClN5O3S. The molecule has 0 aliphatic carbocycles. The first-order chi connectivity index (χ1) is 15.9. The molecule has 188 valence electrons. The summed E-state index contributed by atoms with van der Waals surface area (Å²) in [6.45, 7) is 6.92. The van der Waals surface area contributed by atoms with E-state index in [0.717, 1.165) is 35.6 Å². The third-order valence-electron chi connectivity index (χ3n) is 5.97. The molecule has 1 aromatic rings. The monoisotopic (exact) mass is 509 g/mol. The smallest absolute Gasteiger partial charge is 0.270 e. The van der Waals surface area contributed by atoms with Crippen molar-refractivity contribution in [1.82, 2.24) is 15.2 Å². The van der Waals surface area contributed by atoms with Gasteiger partial charge in [-0.1, -0.05) is 24.6 Å². The third-order valence-corrected chi connectivity index (χ3v) is 7.64. The quantitative estimate of drug-likeness (QED) is 0.0721. The number of nitrogen functional groups attached to an aromatic ring is 1. The van der Waals surface area contributed by atoms with Crippen molar-refractivity contribution in [3.05, 3.63) is 51.2 Å². The molecule has 1 aliphatic rings. The second-order valence-corrected chi connectivity index (χ2v) is 10.8. The van der Waals surface area contributed by atoms with Gasteiger partial charge in [-0.15, -0.1) is 11.8 Å². The summed E-state index contributed by atoms with van der Waals surface area (Å²) in [5, 5.41) is 11.5. The van der Waals surface area contributed by atoms with Crippen molar-refractivity contribution in [3.63, 3.8) is 0 Å². The second kappa shape index (κ2) is 12.6. The van der Waals surface area contributed by atoms with E-state index >= 15 is 0 Å². The number of allylic oxidation sites excluding steroid dienone is 2. The number of thioether (sulfide) groups is 1. The summed E-state index contributed by atoms with van der Waals surface area (Å²) < 4.78 is 0. The van der Waals surface area contributed by atoms with Crippen LogP contribution in [0.5, 0.6) is 0 Å². The molecule has 2 rings (SSSR count). The van der Waals surface area contributed by atoms with E-state index in [0.29, 0.717) is 22.5 Å². The summed E-state index contributed by atoms with van der Waals surface area (Å²) in [4.78, 5) is 28.9. The first kappa shape index (κ1) is 28.2. The number of rotatable bonds is 10. The van der Waals surface area contributed by atoms with Crippen LogP contribution < -0.4 is 17.0 Å². The molecule has 1 amide bonds. The number of amides is 1. The van der Waals surface area contributed by atoms with Gasteiger partial charge in [-0.2, -0.15) is 0 Å². The fraction of sp³-hybridized carbons (Fsp3) is 0.500. The van der Waals surface area contributed by atoms with Gasteiger partial charge in [-0.05, 0) is 63.9 Å². The van der Waals surface area contributed by atoms with Crippen LogP contribution >= 0.6 is 23.4 Å². The van der Waals surface area contributed by atoms with Gasteiger partial charge < -0.3 is 20.6 Å². The van der Waals surface area contributed by atoms with Crippen LogP contribution in [0.25, 0.3) is 0 Å². The van der Waals surface area contributed by atoms with Gasteiger partial charge in [0, 0.05) is 35.6 Å². The fourth-order valence-electron chi connectivity index (χ4n) is 4.26. The Labute approximate surface area is 211 Å². The molecule has 3 unspecified atom stereocenters. The van der Waals surface area contributed by atoms with Crippen LogP contribution in [0.2, 0.25) is 5.02 Å². The minimum absolute atomic E-state index is 0.0206. The van der Waals surface area contributed by atoms with Gasteiger partial charge in [-0.3, -0.25) is 15.0 Å². The van der Waals surface area contributed by atoms with E-state index in [-0.39, 0.29) is 17.3 Å². The number of halogens is 1. The van der Waals surface area contributed by atoms with E-state index in [1.165, 1.54) is 6.92 Å². The van der Waals surface area contributed by atoms with Crippen LogP contribution in [0, 0.1) is 5.92 Å². The van der Waals surface area contributed by atoms with Crippen LogP contribution in [-0.4, -0.2) is 59.0 Å². The molecule has 0 spiro atoms. The maximum absolute atomic E-state index is 11.9. The Bertz CT molecular complexity index is 968. The molecule has 3 atom stereocenters. The normalized spacial score (nSPS) is 19.9. The molecule has 0 radical (unpaired) electrons. The highest BCUT2D eigenvalue weighted by molar-refractivity contribution is 8.03. The Balaban J connectivity index is 1.98. The van der Waals surface area contributed by atoms with Gasteiger partial charge in [0.2, 0.25) is 0 Å². The van der Waals surface area contributed by atoms with Crippen LogP contribution in [0.3, 0.4) is 0 Å². The van der Waals surface area contributed by atoms with E-state index in [2.05, 4.69) is 18.7 Å². The van der Waals surface area contributed by atoms with Gasteiger partial charge in [0.25, 0.3) is 5.91 Å². The molecule has 6 N–H and O–H groups in total. The lowest BCUT2D eigenvalue weighted by molar-refractivity contribution is -0.121. The zero-order valence-corrected chi connectivity index (χ0v) is 22.0. The van der Waals surface area contributed by atoms with E-state index in [1.54, 1.807) is 24.4 Å². The van der Waals surface area contributed by atoms with Crippen molar-refractivity contribution in [2.75, 3.05) is 32.9 Å². The van der Waals surface area contributed by atoms with Crippen LogP contribution in [0.15, 0.2) is 40.6 Å². The molecule has 8 nitrogen and oxygen atoms in total. The Morgan fingerprint density at radius 1 is 1.38 bits per heavy atom. The molecule has 1 aromatic carbocycles. The van der Waals surface area contributed by atoms with Crippen molar-refractivity contribution in [1.29, 1.82) is 0 Å². The highest BCUT2D eigenvalue weighted by Gasteiger charge is 2.28. The molecule has 0 bridgehead atoms. The number of benzene rings is 1. The predicted molar refractivity (Wildman–Crippen MR) is 140 cm³/mol. The second-order valence-electron chi connectivity index (χ2n) is 8.85. The first-order valence-corrected chi connectivity index (χ1v) is 12.5. The number of hydrogen-bond donors (Lipinski definition) is 4. The summed E-state index contributed by atoms with van der Waals surface area (Å²) >= 11 is 7.79. The maximum Gasteiger partial charge on any atom is 0.270 e. The number of nitrogens with two attached hydrogens (primary N) is 2. The van der Waals surface area contributed by atoms with Gasteiger partial charge in [-0.25, -0.2) is 5.84 Å². The number of ketones is 1. The molecule has 1 aliphatic heterocycles. The summed E-state index contributed by atoms with van der Waals surface area (Å²) in [6, 6.07) is 5.22. The Morgan fingerprint density at radius 3 is 2.62 bits per heavy atom. The number of aliphatic hydroxyl groups excluding tert-OH is 1. The highest BCUT2D eigenvalue weighted by atomic mass is 35.5. The van der Waals surface area contributed by atoms with E-state index in [4.69, 9.17) is 23.2 Å². The van der Waals surface area contributed by atoms with Crippen molar-refractivity contribution in [2.24, 2.45) is 11.8 Å². The molecule has 0 saturated heterocycles. The third kappa shape index (κ3) is 7.48. The van der Waals surface area contributed by atoms with Gasteiger partial charge in [0.05, 0.1) is 22.4 Å². The fourth-order valence-corrected chi connectivity index (χ4v) is 5.95. The topological polar surface area (TPSA) is 125 Å². The number of Topliss-reactive ketones (excluding diaryl/α,β-unsaturated/α-hetero) is 1. The van der Waals surface area contributed by atoms with Crippen LogP contribution in [-0.2, 0) is 9.59 Å². The number of anilines is 1. The predicted octanol–water partition coefficient (Wildman–Crippen LogP) is 3.05. The zero-order valence-electron chi connectivity index (χ0n) is 20.5. The summed E-state index contributed by atoms with van der Waals surface area (Å²) in [5.74, 6) is 4.53. The largest absolute Gasteiger partial charge is 0.398 e. The lowest BCUT2D eigenvalue weighted by atomic mass is 9.97. The average Bonchev–Trinajstić information content (AvgIpc) is 2.76. The number of hydrazine groups is 1. The minimum Gasteiger partial charge on any atom is -0.398 e. The molecular weight excluding hydrogens is 474 g/mol. The molecule has 0 aromatic heterocycles. The standard InChI is InChI=1S/C24H36ClN5O3S/c1-14-10-18(8-9-29(4)13-22(32)17-6-7-20(25)21(26)11-17)34-16(3)23(14)30(5)12-19(15(2)31)24(33)28-27/h6-7,11-12,14,18,22,32H,8-10,13,26-27H2,1-5H3,(H,28,33)/b19-12+. The number of carbonyl (C=O) groups is 2. The van der Waals surface area contributed by atoms with Gasteiger partial charge in [0.1, 0.15) is 0 Å². The van der Waals surface area contributed by atoms with Crippen LogP contribution in [0.1, 0.15) is 45.3 Å². The van der Waals surface area contributed by atoms with Crippen LogP contribution in [0.4, 0.5) is 5.69 Å². The molecule has 0 saturated carbocycles. The number of likely N-dealkylation sites (N-methyl/N-ethyl adjacent to an activating group) is 1. The van der Waals surface area contributed by atoms with E-state index < -0.39 is 12.0 Å². The number of nitrogens with zero attached hydrogens (tertiary/aromatic N) is 2. The maximum atomic E-state index is 11.9. The molecule has 1 heterocycles. The lowest BCUT2D eigenvalue weighted by Gasteiger charge is -2.35. The number of hydrogen-bond acceptors (Lipinski definition) is 8. The average molecular weight is 510 g/mol. The first-order valence-electron chi connectivity index (χ1n) is 11.2. The SMILES string of the molecule is CC(=O)/C(=C\N(C)C1=C(C)SC(CCN(C)CC(O)c2ccc(Cl)c(N)c2)CC1C)C(=O)NN. The summed E-state index contributed by atoms with van der Waals surface area (Å²) in [5.41, 5.74) is 10.2. The number of nitrogens with one attached hydrogen (secondary N) is 1. The lowest BCUT2D eigenvalue weighted by Crippen LogP contribution is -2.35. The van der Waals surface area contributed by atoms with E-state index in [1.807, 2.05) is 36.2 Å². The van der Waals surface area contributed by atoms with Gasteiger partial charge >= 0.3 is 0 Å². The molecule has 10 heteroatoms. The molecule has 34 heavy (non-hydrogen) atoms. The van der Waals surface area contributed by atoms with E-state index in [9.17, 15) is 14.7 Å². The van der Waals surface area contributed by atoms with Crippen molar-refractivity contribution >= 4 is 40.7 Å². The summed E-state index contributed by atoms with van der Waals surface area (Å²) in [6.07, 6.45) is 2.86. The summed E-state index contributed by atoms with van der Waals surface area (Å²) in [7, 11) is 3.85. The van der Waals surface area contributed by atoms with Gasteiger partial charge in [0.15, 0.2) is 5.78 Å². The molecule has 0 fully saturated rings. The Morgan fingerprint density at radius 2 is 2.06 bits per heavy atom. The highest BCUT2D eigenvalue weighted by Crippen LogP contribution is 2.41. The van der Waals surface area contributed by atoms with Crippen molar-refractivity contribution < 1.29 is 14.7 Å². The Kier molecular flexibility index (Phi) is 10.5. The number of carbonyl (C=O) groups excluding carboxylic acids is 2. The van der Waals surface area contributed by atoms with Crippen molar-refractivity contribution in [3.8, 4) is 0 Å². The zero-order chi connectivity index (χ0) is 25.6.